The van der Waals surface area contributed by atoms with Crippen molar-refractivity contribution in [2.45, 2.75) is 36.6 Å². The van der Waals surface area contributed by atoms with Gasteiger partial charge in [0.1, 0.15) is 0 Å². The van der Waals surface area contributed by atoms with Crippen LogP contribution in [0.4, 0.5) is 0 Å². The molecule has 0 heterocycles. The van der Waals surface area contributed by atoms with E-state index in [2.05, 4.69) is 11.4 Å². The fourth-order valence-corrected chi connectivity index (χ4v) is 3.23. The largest absolute Gasteiger partial charge is 0.310 e. The van der Waals surface area contributed by atoms with Crippen LogP contribution in [0.25, 0.3) is 0 Å². The summed E-state index contributed by atoms with van der Waals surface area (Å²) in [6.07, 6.45) is 8.34. The van der Waals surface area contributed by atoms with E-state index in [1.54, 1.807) is 12.1 Å². The van der Waals surface area contributed by atoms with Crippen molar-refractivity contribution in [1.82, 2.24) is 5.32 Å². The van der Waals surface area contributed by atoms with E-state index >= 15 is 0 Å². The second kappa shape index (κ2) is 5.88. The van der Waals surface area contributed by atoms with Crippen molar-refractivity contribution in [2.24, 2.45) is 0 Å². The number of allylic oxidation sites excluding steroid dienone is 1. The quantitative estimate of drug-likeness (QED) is 0.862. The van der Waals surface area contributed by atoms with Crippen LogP contribution in [0.1, 0.15) is 37.3 Å². The molecule has 0 bridgehead atoms. The predicted octanol–water partition coefficient (Wildman–Crippen LogP) is 2.85. The molecular weight excluding hydrogens is 258 g/mol. The lowest BCUT2D eigenvalue weighted by atomic mass is 9.90. The van der Waals surface area contributed by atoms with Crippen molar-refractivity contribution < 1.29 is 8.42 Å². The van der Waals surface area contributed by atoms with E-state index in [0.29, 0.717) is 4.90 Å². The molecule has 0 saturated heterocycles. The molecule has 0 saturated carbocycles. The highest BCUT2D eigenvalue weighted by Crippen LogP contribution is 2.30. The second-order valence-corrected chi connectivity index (χ2v) is 7.10. The van der Waals surface area contributed by atoms with E-state index in [1.807, 2.05) is 19.2 Å². The molecule has 2 rings (SSSR count). The van der Waals surface area contributed by atoms with E-state index in [9.17, 15) is 8.42 Å². The Kier molecular flexibility index (Phi) is 4.42. The molecule has 1 atom stereocenters. The van der Waals surface area contributed by atoms with Gasteiger partial charge in [-0.25, -0.2) is 8.42 Å². The Hall–Kier alpha value is -1.13. The third kappa shape index (κ3) is 3.45. The summed E-state index contributed by atoms with van der Waals surface area (Å²) in [5, 5.41) is 3.33. The molecule has 0 spiro atoms. The molecule has 1 unspecified atom stereocenters. The van der Waals surface area contributed by atoms with Crippen molar-refractivity contribution in [1.29, 1.82) is 0 Å². The summed E-state index contributed by atoms with van der Waals surface area (Å²) < 4.78 is 22.9. The lowest BCUT2D eigenvalue weighted by Crippen LogP contribution is -2.19. The molecule has 104 valence electrons. The number of nitrogens with one attached hydrogen (secondary N) is 1. The van der Waals surface area contributed by atoms with Gasteiger partial charge in [0, 0.05) is 6.26 Å². The maximum absolute atomic E-state index is 11.5. The van der Waals surface area contributed by atoms with E-state index in [1.165, 1.54) is 24.7 Å². The van der Waals surface area contributed by atoms with Crippen LogP contribution in [-0.2, 0) is 9.84 Å². The van der Waals surface area contributed by atoms with Gasteiger partial charge in [-0.3, -0.25) is 0 Å². The summed E-state index contributed by atoms with van der Waals surface area (Å²) in [5.41, 5.74) is 2.55. The normalized spacial score (nSPS) is 17.9. The number of rotatable bonds is 4. The molecule has 1 aliphatic rings. The Morgan fingerprint density at radius 3 is 2.32 bits per heavy atom. The monoisotopic (exact) mass is 279 g/mol. The third-order valence-electron chi connectivity index (χ3n) is 3.63. The Balaban J connectivity index is 2.27. The van der Waals surface area contributed by atoms with Crippen LogP contribution < -0.4 is 5.32 Å². The Bertz CT molecular complexity index is 558. The molecular formula is C15H21NO2S. The van der Waals surface area contributed by atoms with Crippen LogP contribution in [0.2, 0.25) is 0 Å². The highest BCUT2D eigenvalue weighted by Gasteiger charge is 2.17. The summed E-state index contributed by atoms with van der Waals surface area (Å²) in [5.74, 6) is 0. The molecule has 0 aliphatic heterocycles. The molecule has 1 aliphatic carbocycles. The van der Waals surface area contributed by atoms with Gasteiger partial charge in [0.25, 0.3) is 0 Å². The van der Waals surface area contributed by atoms with Gasteiger partial charge < -0.3 is 5.32 Å². The van der Waals surface area contributed by atoms with Gasteiger partial charge in [-0.05, 0) is 50.4 Å². The zero-order chi connectivity index (χ0) is 13.9. The Morgan fingerprint density at radius 1 is 1.16 bits per heavy atom. The summed E-state index contributed by atoms with van der Waals surface area (Å²) in [4.78, 5) is 0.378. The standard InChI is InChI=1S/C15H21NO2S/c1-16-15(12-6-4-3-5-7-12)13-8-10-14(11-9-13)19(2,17)18/h6,8-11,15-16H,3-5,7H2,1-2H3. The molecule has 0 radical (unpaired) electrons. The lowest BCUT2D eigenvalue weighted by molar-refractivity contribution is 0.592. The molecule has 0 amide bonds. The predicted molar refractivity (Wildman–Crippen MR) is 77.9 cm³/mol. The fourth-order valence-electron chi connectivity index (χ4n) is 2.60. The van der Waals surface area contributed by atoms with Crippen molar-refractivity contribution in [3.63, 3.8) is 0 Å². The molecule has 19 heavy (non-hydrogen) atoms. The SMILES string of the molecule is CNC(C1=CCCCC1)c1ccc(S(C)(=O)=O)cc1. The van der Waals surface area contributed by atoms with E-state index in [0.717, 1.165) is 18.4 Å². The highest BCUT2D eigenvalue weighted by molar-refractivity contribution is 7.90. The van der Waals surface area contributed by atoms with Crippen LogP contribution in [0.3, 0.4) is 0 Å². The lowest BCUT2D eigenvalue weighted by Gasteiger charge is -2.23. The van der Waals surface area contributed by atoms with Crippen molar-refractivity contribution in [3.05, 3.63) is 41.5 Å². The molecule has 1 aromatic carbocycles. The third-order valence-corrected chi connectivity index (χ3v) is 4.76. The zero-order valence-corrected chi connectivity index (χ0v) is 12.3. The van der Waals surface area contributed by atoms with Gasteiger partial charge >= 0.3 is 0 Å². The van der Waals surface area contributed by atoms with Crippen molar-refractivity contribution >= 4 is 9.84 Å². The van der Waals surface area contributed by atoms with Gasteiger partial charge in [-0.15, -0.1) is 0 Å². The molecule has 4 heteroatoms. The second-order valence-electron chi connectivity index (χ2n) is 5.09. The van der Waals surface area contributed by atoms with E-state index in [4.69, 9.17) is 0 Å². The Morgan fingerprint density at radius 2 is 1.84 bits per heavy atom. The van der Waals surface area contributed by atoms with Gasteiger partial charge in [-0.2, -0.15) is 0 Å². The van der Waals surface area contributed by atoms with Gasteiger partial charge in [0.15, 0.2) is 9.84 Å². The van der Waals surface area contributed by atoms with Gasteiger partial charge in [0.2, 0.25) is 0 Å². The smallest absolute Gasteiger partial charge is 0.175 e. The minimum atomic E-state index is -3.11. The maximum Gasteiger partial charge on any atom is 0.175 e. The zero-order valence-electron chi connectivity index (χ0n) is 11.5. The minimum Gasteiger partial charge on any atom is -0.310 e. The average molecular weight is 279 g/mol. The summed E-state index contributed by atoms with van der Waals surface area (Å²) in [7, 11) is -1.16. The average Bonchev–Trinajstić information content (AvgIpc) is 2.40. The first-order valence-electron chi connectivity index (χ1n) is 6.68. The number of sulfone groups is 1. The van der Waals surface area contributed by atoms with E-state index in [-0.39, 0.29) is 6.04 Å². The van der Waals surface area contributed by atoms with E-state index < -0.39 is 9.84 Å². The minimum absolute atomic E-state index is 0.203. The summed E-state index contributed by atoms with van der Waals surface area (Å²) >= 11 is 0. The molecule has 1 N–H and O–H groups in total. The highest BCUT2D eigenvalue weighted by atomic mass is 32.2. The fraction of sp³-hybridized carbons (Fsp3) is 0.467. The number of hydrogen-bond donors (Lipinski definition) is 1. The first-order valence-corrected chi connectivity index (χ1v) is 8.57. The number of likely N-dealkylation sites (N-methyl/N-ethyl adjacent to an activating group) is 1. The van der Waals surface area contributed by atoms with Crippen LogP contribution in [0.5, 0.6) is 0 Å². The first-order chi connectivity index (χ1) is 9.02. The number of benzene rings is 1. The Labute approximate surface area is 115 Å². The van der Waals surface area contributed by atoms with Gasteiger partial charge in [-0.1, -0.05) is 23.8 Å². The van der Waals surface area contributed by atoms with Crippen LogP contribution >= 0.6 is 0 Å². The van der Waals surface area contributed by atoms with Crippen LogP contribution in [0, 0.1) is 0 Å². The van der Waals surface area contributed by atoms with Crippen molar-refractivity contribution in [3.8, 4) is 0 Å². The molecule has 0 aromatic heterocycles. The summed E-state index contributed by atoms with van der Waals surface area (Å²) in [6.45, 7) is 0. The molecule has 0 fully saturated rings. The molecule has 3 nitrogen and oxygen atoms in total. The maximum atomic E-state index is 11.5. The van der Waals surface area contributed by atoms with Crippen molar-refractivity contribution in [2.75, 3.05) is 13.3 Å². The van der Waals surface area contributed by atoms with Gasteiger partial charge in [0.05, 0.1) is 10.9 Å². The summed E-state index contributed by atoms with van der Waals surface area (Å²) in [6, 6.07) is 7.41. The molecule has 1 aromatic rings. The van der Waals surface area contributed by atoms with Crippen LogP contribution in [-0.4, -0.2) is 21.7 Å². The first kappa shape index (κ1) is 14.3. The topological polar surface area (TPSA) is 46.2 Å². The number of hydrogen-bond acceptors (Lipinski definition) is 3. The van der Waals surface area contributed by atoms with Crippen LogP contribution in [0.15, 0.2) is 40.8 Å².